The van der Waals surface area contributed by atoms with Gasteiger partial charge in [-0.25, -0.2) is 0 Å². The molecule has 0 aliphatic carbocycles. The highest BCUT2D eigenvalue weighted by Crippen LogP contribution is 2.45. The van der Waals surface area contributed by atoms with Crippen LogP contribution in [0.3, 0.4) is 0 Å². The first-order valence-corrected chi connectivity index (χ1v) is 10.3. The molecule has 3 heterocycles. The molecular weight excluding hydrogens is 358 g/mol. The van der Waals surface area contributed by atoms with Gasteiger partial charge in [-0.15, -0.1) is 0 Å². The zero-order valence-electron chi connectivity index (χ0n) is 16.4. The number of carbonyl (C=O) groups is 2. The molecule has 2 bridgehead atoms. The molecule has 6 heteroatoms. The molecule has 2 unspecified atom stereocenters. The van der Waals surface area contributed by atoms with Crippen LogP contribution in [-0.2, 0) is 20.7 Å². The molecule has 1 aromatic carbocycles. The van der Waals surface area contributed by atoms with Gasteiger partial charge in [0.15, 0.2) is 0 Å². The lowest BCUT2D eigenvalue weighted by Gasteiger charge is -2.34. The van der Waals surface area contributed by atoms with Gasteiger partial charge in [0.2, 0.25) is 0 Å². The van der Waals surface area contributed by atoms with E-state index in [1.807, 2.05) is 12.1 Å². The molecule has 152 valence electrons. The Morgan fingerprint density at radius 3 is 2.32 bits per heavy atom. The molecule has 0 aromatic heterocycles. The van der Waals surface area contributed by atoms with Crippen LogP contribution in [0.4, 0.5) is 0 Å². The summed E-state index contributed by atoms with van der Waals surface area (Å²) in [5.74, 6) is -0.970. The Morgan fingerprint density at radius 2 is 1.71 bits per heavy atom. The van der Waals surface area contributed by atoms with Crippen molar-refractivity contribution < 1.29 is 24.2 Å². The molecule has 0 saturated carbocycles. The van der Waals surface area contributed by atoms with Gasteiger partial charge in [-0.3, -0.25) is 9.59 Å². The lowest BCUT2D eigenvalue weighted by atomic mass is 9.72. The number of likely N-dealkylation sites (tertiary alicyclic amines) is 1. The van der Waals surface area contributed by atoms with Gasteiger partial charge in [0, 0.05) is 12.5 Å². The topological polar surface area (TPSA) is 76.1 Å². The number of aliphatic carboxylic acids is 1. The molecular formula is C22H29NO5. The second-order valence-corrected chi connectivity index (χ2v) is 8.30. The highest BCUT2D eigenvalue weighted by molar-refractivity contribution is 5.89. The molecule has 3 saturated heterocycles. The third kappa shape index (κ3) is 3.80. The zero-order valence-corrected chi connectivity index (χ0v) is 16.4. The fraction of sp³-hybridized carbons (Fsp3) is 0.636. The number of Topliss-reactive ketones (excluding diaryl/α,β-unsaturated/α-hetero) is 1. The summed E-state index contributed by atoms with van der Waals surface area (Å²) in [6.07, 6.45) is 3.78. The third-order valence-electron chi connectivity index (χ3n) is 6.75. The summed E-state index contributed by atoms with van der Waals surface area (Å²) in [4.78, 5) is 27.1. The number of rotatable bonds is 7. The minimum absolute atomic E-state index is 0.0213. The maximum absolute atomic E-state index is 13.1. The number of nitrogens with zero attached hydrogens (tertiary/aromatic N) is 1. The molecule has 6 nitrogen and oxygen atoms in total. The van der Waals surface area contributed by atoms with E-state index < -0.39 is 17.8 Å². The van der Waals surface area contributed by atoms with E-state index in [1.165, 1.54) is 5.56 Å². The van der Waals surface area contributed by atoms with E-state index in [1.54, 1.807) is 7.11 Å². The van der Waals surface area contributed by atoms with Crippen LogP contribution in [0, 0.1) is 17.8 Å². The number of carboxylic acid groups (broad SMARTS) is 1. The molecule has 0 radical (unpaired) electrons. The molecule has 4 rings (SSSR count). The molecule has 0 spiro atoms. The summed E-state index contributed by atoms with van der Waals surface area (Å²) in [6.45, 7) is 2.76. The summed E-state index contributed by atoms with van der Waals surface area (Å²) in [6, 6.07) is 8.15. The quantitative estimate of drug-likeness (QED) is 0.774. The average molecular weight is 387 g/mol. The summed E-state index contributed by atoms with van der Waals surface area (Å²) >= 11 is 0. The maximum atomic E-state index is 13.1. The number of ketones is 1. The van der Waals surface area contributed by atoms with Gasteiger partial charge in [-0.1, -0.05) is 12.1 Å². The van der Waals surface area contributed by atoms with Crippen LogP contribution in [0.1, 0.15) is 31.2 Å². The summed E-state index contributed by atoms with van der Waals surface area (Å²) in [5, 5.41) is 9.56. The van der Waals surface area contributed by atoms with Crippen LogP contribution < -0.4 is 4.74 Å². The SMILES string of the molecule is COc1ccc(CCN2CCC(C(=O)C3C(C(=O)O)[C@H]4CC[C@H]3O4)CC2)cc1. The lowest BCUT2D eigenvalue weighted by molar-refractivity contribution is -0.148. The predicted octanol–water partition coefficient (Wildman–Crippen LogP) is 2.40. The monoisotopic (exact) mass is 387 g/mol. The van der Waals surface area contributed by atoms with Crippen molar-refractivity contribution in [1.29, 1.82) is 0 Å². The van der Waals surface area contributed by atoms with Crippen molar-refractivity contribution >= 4 is 11.8 Å². The van der Waals surface area contributed by atoms with Gasteiger partial charge < -0.3 is 19.5 Å². The predicted molar refractivity (Wildman–Crippen MR) is 103 cm³/mol. The van der Waals surface area contributed by atoms with Gasteiger partial charge in [0.25, 0.3) is 0 Å². The minimum atomic E-state index is -0.873. The van der Waals surface area contributed by atoms with Crippen LogP contribution in [-0.4, -0.2) is 60.7 Å². The molecule has 1 N–H and O–H groups in total. The first kappa shape index (κ1) is 19.4. The van der Waals surface area contributed by atoms with E-state index in [2.05, 4.69) is 17.0 Å². The van der Waals surface area contributed by atoms with Crippen molar-refractivity contribution in [3.05, 3.63) is 29.8 Å². The molecule has 1 aromatic rings. The summed E-state index contributed by atoms with van der Waals surface area (Å²) in [7, 11) is 1.67. The zero-order chi connectivity index (χ0) is 19.7. The highest BCUT2D eigenvalue weighted by Gasteiger charge is 2.56. The van der Waals surface area contributed by atoms with Crippen LogP contribution in [0.15, 0.2) is 24.3 Å². The summed E-state index contributed by atoms with van der Waals surface area (Å²) in [5.41, 5.74) is 1.28. The van der Waals surface area contributed by atoms with Gasteiger partial charge in [0.1, 0.15) is 11.5 Å². The Hall–Kier alpha value is -1.92. The molecule has 3 aliphatic heterocycles. The third-order valence-corrected chi connectivity index (χ3v) is 6.75. The van der Waals surface area contributed by atoms with E-state index in [-0.39, 0.29) is 23.9 Å². The number of methoxy groups -OCH3 is 1. The number of fused-ring (bicyclic) bond motifs is 2. The van der Waals surface area contributed by atoms with Crippen LogP contribution >= 0.6 is 0 Å². The van der Waals surface area contributed by atoms with Crippen LogP contribution in [0.5, 0.6) is 5.75 Å². The molecule has 3 aliphatic rings. The fourth-order valence-electron chi connectivity index (χ4n) is 5.15. The van der Waals surface area contributed by atoms with Gasteiger partial charge in [0.05, 0.1) is 31.2 Å². The van der Waals surface area contributed by atoms with Crippen LogP contribution in [0.2, 0.25) is 0 Å². The molecule has 3 fully saturated rings. The Balaban J connectivity index is 1.28. The fourth-order valence-corrected chi connectivity index (χ4v) is 5.15. The Morgan fingerprint density at radius 1 is 1.07 bits per heavy atom. The van der Waals surface area contributed by atoms with E-state index in [0.717, 1.165) is 57.5 Å². The maximum Gasteiger partial charge on any atom is 0.309 e. The highest BCUT2D eigenvalue weighted by atomic mass is 16.5. The first-order valence-electron chi connectivity index (χ1n) is 10.3. The number of ether oxygens (including phenoxy) is 2. The van der Waals surface area contributed by atoms with Crippen molar-refractivity contribution in [2.45, 2.75) is 44.3 Å². The van der Waals surface area contributed by atoms with E-state index in [0.29, 0.717) is 0 Å². The van der Waals surface area contributed by atoms with Crippen molar-refractivity contribution in [3.8, 4) is 5.75 Å². The Bertz CT molecular complexity index is 710. The minimum Gasteiger partial charge on any atom is -0.497 e. The smallest absolute Gasteiger partial charge is 0.309 e. The average Bonchev–Trinajstić information content (AvgIpc) is 3.34. The van der Waals surface area contributed by atoms with Crippen molar-refractivity contribution in [3.63, 3.8) is 0 Å². The second-order valence-electron chi connectivity index (χ2n) is 8.30. The van der Waals surface area contributed by atoms with E-state index in [9.17, 15) is 14.7 Å². The second kappa shape index (κ2) is 8.21. The van der Waals surface area contributed by atoms with Gasteiger partial charge in [-0.2, -0.15) is 0 Å². The number of piperidine rings is 1. The van der Waals surface area contributed by atoms with Crippen molar-refractivity contribution in [2.75, 3.05) is 26.7 Å². The van der Waals surface area contributed by atoms with E-state index in [4.69, 9.17) is 9.47 Å². The number of carbonyl (C=O) groups excluding carboxylic acids is 1. The van der Waals surface area contributed by atoms with Crippen molar-refractivity contribution in [1.82, 2.24) is 4.90 Å². The first-order chi connectivity index (χ1) is 13.6. The largest absolute Gasteiger partial charge is 0.497 e. The number of hydrogen-bond acceptors (Lipinski definition) is 5. The standard InChI is InChI=1S/C22H29NO5/c1-27-16-4-2-14(3-5-16)8-11-23-12-9-15(10-13-23)21(24)19-17-6-7-18(28-17)20(19)22(25)26/h2-5,15,17-20H,6-13H2,1H3,(H,25,26)/t17-,18-,19?,20?/m1/s1. The summed E-state index contributed by atoms with van der Waals surface area (Å²) < 4.78 is 11.0. The Kier molecular flexibility index (Phi) is 5.69. The lowest BCUT2D eigenvalue weighted by Crippen LogP contribution is -2.44. The van der Waals surface area contributed by atoms with Gasteiger partial charge >= 0.3 is 5.97 Å². The molecule has 28 heavy (non-hydrogen) atoms. The van der Waals surface area contributed by atoms with E-state index >= 15 is 0 Å². The number of hydrogen-bond donors (Lipinski definition) is 1. The van der Waals surface area contributed by atoms with Crippen LogP contribution in [0.25, 0.3) is 0 Å². The van der Waals surface area contributed by atoms with Crippen molar-refractivity contribution in [2.24, 2.45) is 17.8 Å². The molecule has 4 atom stereocenters. The Labute approximate surface area is 165 Å². The number of carboxylic acids is 1. The normalized spacial score (nSPS) is 30.5. The number of benzene rings is 1. The van der Waals surface area contributed by atoms with Gasteiger partial charge in [-0.05, 0) is 62.9 Å². The molecule has 0 amide bonds.